The van der Waals surface area contributed by atoms with E-state index in [0.717, 1.165) is 44.9 Å². The standard InChI is InChI=1S/C15H33NO3/c1-3-7-15(19)9-6-4-5-8-14(2)16(10-12-17)11-13-18/h14-15,17-19H,3-13H2,1-2H3. The van der Waals surface area contributed by atoms with Crippen LogP contribution in [-0.2, 0) is 0 Å². The molecule has 0 aliphatic carbocycles. The first-order chi connectivity index (χ1) is 9.15. The quantitative estimate of drug-likeness (QED) is 0.448. The molecule has 0 aromatic carbocycles. The molecule has 0 amide bonds. The Kier molecular flexibility index (Phi) is 12.7. The Bertz CT molecular complexity index is 184. The highest BCUT2D eigenvalue weighted by Gasteiger charge is 2.12. The molecule has 0 spiro atoms. The van der Waals surface area contributed by atoms with Crippen LogP contribution in [0.25, 0.3) is 0 Å². The second-order valence-electron chi connectivity index (χ2n) is 5.41. The number of hydrogen-bond donors (Lipinski definition) is 3. The summed E-state index contributed by atoms with van der Waals surface area (Å²) in [6.07, 6.45) is 7.23. The van der Waals surface area contributed by atoms with E-state index in [1.54, 1.807) is 0 Å². The monoisotopic (exact) mass is 275 g/mol. The molecule has 0 radical (unpaired) electrons. The van der Waals surface area contributed by atoms with Crippen molar-refractivity contribution in [1.29, 1.82) is 0 Å². The molecule has 116 valence electrons. The van der Waals surface area contributed by atoms with E-state index < -0.39 is 0 Å². The maximum atomic E-state index is 9.62. The lowest BCUT2D eigenvalue weighted by molar-refractivity contribution is 0.122. The van der Waals surface area contributed by atoms with E-state index in [-0.39, 0.29) is 19.3 Å². The molecule has 4 heteroatoms. The number of unbranched alkanes of at least 4 members (excludes halogenated alkanes) is 2. The van der Waals surface area contributed by atoms with Crippen LogP contribution in [-0.4, -0.2) is 58.7 Å². The van der Waals surface area contributed by atoms with Gasteiger partial charge >= 0.3 is 0 Å². The Morgan fingerprint density at radius 3 is 2.00 bits per heavy atom. The minimum Gasteiger partial charge on any atom is -0.395 e. The molecule has 0 fully saturated rings. The summed E-state index contributed by atoms with van der Waals surface area (Å²) in [5.74, 6) is 0. The fourth-order valence-corrected chi connectivity index (χ4v) is 2.47. The summed E-state index contributed by atoms with van der Waals surface area (Å²) in [4.78, 5) is 2.13. The lowest BCUT2D eigenvalue weighted by Crippen LogP contribution is -2.37. The molecule has 0 aliphatic rings. The second kappa shape index (κ2) is 12.9. The molecule has 0 heterocycles. The lowest BCUT2D eigenvalue weighted by Gasteiger charge is -2.27. The van der Waals surface area contributed by atoms with E-state index in [0.29, 0.717) is 19.1 Å². The molecule has 2 unspecified atom stereocenters. The molecule has 3 N–H and O–H groups in total. The normalized spacial score (nSPS) is 14.8. The summed E-state index contributed by atoms with van der Waals surface area (Å²) in [5, 5.41) is 27.6. The highest BCUT2D eigenvalue weighted by molar-refractivity contribution is 4.67. The SMILES string of the molecule is CCCC(O)CCCCCC(C)N(CCO)CCO. The smallest absolute Gasteiger partial charge is 0.0558 e. The van der Waals surface area contributed by atoms with Gasteiger partial charge in [-0.2, -0.15) is 0 Å². The van der Waals surface area contributed by atoms with Crippen molar-refractivity contribution in [2.75, 3.05) is 26.3 Å². The summed E-state index contributed by atoms with van der Waals surface area (Å²) >= 11 is 0. The summed E-state index contributed by atoms with van der Waals surface area (Å²) in [5.41, 5.74) is 0. The van der Waals surface area contributed by atoms with Crippen molar-refractivity contribution in [2.45, 2.75) is 70.9 Å². The zero-order valence-electron chi connectivity index (χ0n) is 12.7. The number of aliphatic hydroxyl groups is 3. The summed E-state index contributed by atoms with van der Waals surface area (Å²) in [7, 11) is 0. The van der Waals surface area contributed by atoms with Gasteiger partial charge in [-0.05, 0) is 26.2 Å². The van der Waals surface area contributed by atoms with Gasteiger partial charge in [-0.15, -0.1) is 0 Å². The van der Waals surface area contributed by atoms with Gasteiger partial charge in [0, 0.05) is 19.1 Å². The van der Waals surface area contributed by atoms with Gasteiger partial charge < -0.3 is 15.3 Å². The summed E-state index contributed by atoms with van der Waals surface area (Å²) in [6, 6.07) is 0.403. The van der Waals surface area contributed by atoms with Gasteiger partial charge in [0.15, 0.2) is 0 Å². The Labute approximate surface area is 118 Å². The molecule has 2 atom stereocenters. The molecule has 0 saturated heterocycles. The van der Waals surface area contributed by atoms with Crippen molar-refractivity contribution in [2.24, 2.45) is 0 Å². The van der Waals surface area contributed by atoms with Crippen LogP contribution in [0.1, 0.15) is 58.8 Å². The van der Waals surface area contributed by atoms with Gasteiger partial charge in [0.05, 0.1) is 19.3 Å². The highest BCUT2D eigenvalue weighted by Crippen LogP contribution is 2.13. The lowest BCUT2D eigenvalue weighted by atomic mass is 10.0. The van der Waals surface area contributed by atoms with E-state index in [9.17, 15) is 5.11 Å². The number of aliphatic hydroxyl groups excluding tert-OH is 3. The molecule has 0 aliphatic heterocycles. The number of hydrogen-bond acceptors (Lipinski definition) is 4. The molecule has 0 aromatic heterocycles. The van der Waals surface area contributed by atoms with Gasteiger partial charge in [0.1, 0.15) is 0 Å². The zero-order valence-corrected chi connectivity index (χ0v) is 12.7. The van der Waals surface area contributed by atoms with Crippen molar-refractivity contribution in [1.82, 2.24) is 4.90 Å². The van der Waals surface area contributed by atoms with Crippen LogP contribution < -0.4 is 0 Å². The predicted octanol–water partition coefficient (Wildman–Crippen LogP) is 1.77. The van der Waals surface area contributed by atoms with Gasteiger partial charge in [-0.3, -0.25) is 4.90 Å². The Morgan fingerprint density at radius 2 is 1.47 bits per heavy atom. The van der Waals surface area contributed by atoms with Crippen molar-refractivity contribution in [3.05, 3.63) is 0 Å². The average molecular weight is 275 g/mol. The molecule has 4 nitrogen and oxygen atoms in total. The first kappa shape index (κ1) is 18.8. The van der Waals surface area contributed by atoms with Crippen LogP contribution in [0, 0.1) is 0 Å². The molecule has 0 aromatic rings. The molecule has 0 bridgehead atoms. The van der Waals surface area contributed by atoms with Gasteiger partial charge in [-0.1, -0.05) is 32.6 Å². The average Bonchev–Trinajstić information content (AvgIpc) is 2.38. The van der Waals surface area contributed by atoms with Crippen LogP contribution in [0.4, 0.5) is 0 Å². The summed E-state index contributed by atoms with van der Waals surface area (Å²) in [6.45, 7) is 5.81. The minimum absolute atomic E-state index is 0.123. The first-order valence-corrected chi connectivity index (χ1v) is 7.79. The van der Waals surface area contributed by atoms with E-state index in [2.05, 4.69) is 18.7 Å². The Hall–Kier alpha value is -0.160. The largest absolute Gasteiger partial charge is 0.395 e. The number of nitrogens with zero attached hydrogens (tertiary/aromatic N) is 1. The van der Waals surface area contributed by atoms with Gasteiger partial charge in [0.2, 0.25) is 0 Å². The van der Waals surface area contributed by atoms with Crippen LogP contribution in [0.2, 0.25) is 0 Å². The topological polar surface area (TPSA) is 63.9 Å². The van der Waals surface area contributed by atoms with Crippen molar-refractivity contribution in [3.8, 4) is 0 Å². The zero-order chi connectivity index (χ0) is 14.5. The highest BCUT2D eigenvalue weighted by atomic mass is 16.3. The third-order valence-electron chi connectivity index (χ3n) is 3.68. The van der Waals surface area contributed by atoms with E-state index in [1.807, 2.05) is 0 Å². The van der Waals surface area contributed by atoms with E-state index in [1.165, 1.54) is 0 Å². The maximum Gasteiger partial charge on any atom is 0.0558 e. The van der Waals surface area contributed by atoms with Gasteiger partial charge in [-0.25, -0.2) is 0 Å². The first-order valence-electron chi connectivity index (χ1n) is 7.79. The Morgan fingerprint density at radius 1 is 0.895 bits per heavy atom. The second-order valence-corrected chi connectivity index (χ2v) is 5.41. The van der Waals surface area contributed by atoms with E-state index >= 15 is 0 Å². The Balaban J connectivity index is 3.62. The number of rotatable bonds is 13. The molecule has 0 rings (SSSR count). The third kappa shape index (κ3) is 10.3. The third-order valence-corrected chi connectivity index (χ3v) is 3.68. The van der Waals surface area contributed by atoms with Crippen molar-refractivity contribution >= 4 is 0 Å². The molecular weight excluding hydrogens is 242 g/mol. The van der Waals surface area contributed by atoms with Crippen molar-refractivity contribution in [3.63, 3.8) is 0 Å². The van der Waals surface area contributed by atoms with Crippen LogP contribution >= 0.6 is 0 Å². The van der Waals surface area contributed by atoms with Crippen LogP contribution in [0.5, 0.6) is 0 Å². The molecular formula is C15H33NO3. The predicted molar refractivity (Wildman–Crippen MR) is 79.2 cm³/mol. The fraction of sp³-hybridized carbons (Fsp3) is 1.00. The summed E-state index contributed by atoms with van der Waals surface area (Å²) < 4.78 is 0. The van der Waals surface area contributed by atoms with Crippen LogP contribution in [0.15, 0.2) is 0 Å². The molecule has 19 heavy (non-hydrogen) atoms. The van der Waals surface area contributed by atoms with Crippen molar-refractivity contribution < 1.29 is 15.3 Å². The fourth-order valence-electron chi connectivity index (χ4n) is 2.47. The van der Waals surface area contributed by atoms with Crippen LogP contribution in [0.3, 0.4) is 0 Å². The van der Waals surface area contributed by atoms with E-state index in [4.69, 9.17) is 10.2 Å². The minimum atomic E-state index is -0.123. The van der Waals surface area contributed by atoms with Gasteiger partial charge in [0.25, 0.3) is 0 Å². The molecule has 0 saturated carbocycles. The maximum absolute atomic E-state index is 9.62.